The number of nitrogens with one attached hydrogen (secondary N) is 2. The van der Waals surface area contributed by atoms with Gasteiger partial charge in [-0.25, -0.2) is 10.8 Å². The van der Waals surface area contributed by atoms with Gasteiger partial charge in [0.05, 0.1) is 9.72 Å². The summed E-state index contributed by atoms with van der Waals surface area (Å²) in [5.41, 5.74) is 3.85. The van der Waals surface area contributed by atoms with Gasteiger partial charge < -0.3 is 5.32 Å². The zero-order chi connectivity index (χ0) is 13.1. The van der Waals surface area contributed by atoms with Gasteiger partial charge in [-0.1, -0.05) is 29.9 Å². The third-order valence-corrected chi connectivity index (χ3v) is 3.55. The molecule has 1 amide bonds. The van der Waals surface area contributed by atoms with Gasteiger partial charge >= 0.3 is 0 Å². The first kappa shape index (κ1) is 13.1. The van der Waals surface area contributed by atoms with E-state index in [2.05, 4.69) is 15.7 Å². The average molecular weight is 285 g/mol. The van der Waals surface area contributed by atoms with E-state index in [0.717, 1.165) is 11.1 Å². The molecule has 0 atom stereocenters. The second-order valence-electron chi connectivity index (χ2n) is 3.77. The SMILES string of the molecule is CCCC(=O)Nc1cc(Cl)c2nc(NN)sc2c1. The molecule has 1 heterocycles. The highest BCUT2D eigenvalue weighted by molar-refractivity contribution is 7.22. The highest BCUT2D eigenvalue weighted by atomic mass is 35.5. The number of hydrogen-bond acceptors (Lipinski definition) is 5. The third kappa shape index (κ3) is 2.72. The first-order chi connectivity index (χ1) is 8.63. The molecular formula is C11H13ClN4OS. The Morgan fingerprint density at radius 2 is 2.33 bits per heavy atom. The predicted molar refractivity (Wildman–Crippen MR) is 76.0 cm³/mol. The summed E-state index contributed by atoms with van der Waals surface area (Å²) in [5, 5.41) is 3.89. The van der Waals surface area contributed by atoms with Crippen molar-refractivity contribution in [3.05, 3.63) is 17.2 Å². The van der Waals surface area contributed by atoms with E-state index in [1.807, 2.05) is 13.0 Å². The maximum absolute atomic E-state index is 11.5. The van der Waals surface area contributed by atoms with Crippen molar-refractivity contribution in [3.63, 3.8) is 0 Å². The Balaban J connectivity index is 2.33. The number of amides is 1. The Hall–Kier alpha value is -1.37. The monoisotopic (exact) mass is 284 g/mol. The van der Waals surface area contributed by atoms with Crippen LogP contribution < -0.4 is 16.6 Å². The molecule has 0 aliphatic carbocycles. The molecule has 96 valence electrons. The molecule has 0 fully saturated rings. The number of nitrogen functional groups attached to an aromatic ring is 1. The maximum Gasteiger partial charge on any atom is 0.224 e. The molecule has 0 aliphatic heterocycles. The molecule has 1 aromatic carbocycles. The summed E-state index contributed by atoms with van der Waals surface area (Å²) in [6.45, 7) is 1.96. The zero-order valence-electron chi connectivity index (χ0n) is 9.79. The van der Waals surface area contributed by atoms with Gasteiger partial charge in [0.1, 0.15) is 5.52 Å². The number of hydrogen-bond donors (Lipinski definition) is 3. The largest absolute Gasteiger partial charge is 0.326 e. The minimum Gasteiger partial charge on any atom is -0.326 e. The molecule has 4 N–H and O–H groups in total. The van der Waals surface area contributed by atoms with Crippen molar-refractivity contribution in [1.29, 1.82) is 0 Å². The number of carbonyl (C=O) groups excluding carboxylic acids is 1. The van der Waals surface area contributed by atoms with E-state index in [9.17, 15) is 4.79 Å². The molecule has 2 rings (SSSR count). The number of halogens is 1. The number of anilines is 2. The molecule has 0 saturated carbocycles. The fraction of sp³-hybridized carbons (Fsp3) is 0.273. The molecule has 2 aromatic rings. The van der Waals surface area contributed by atoms with Gasteiger partial charge in [0.15, 0.2) is 5.13 Å². The fourth-order valence-corrected chi connectivity index (χ4v) is 2.73. The van der Waals surface area contributed by atoms with Gasteiger partial charge in [-0.05, 0) is 18.6 Å². The highest BCUT2D eigenvalue weighted by Crippen LogP contribution is 2.33. The van der Waals surface area contributed by atoms with Crippen molar-refractivity contribution in [2.24, 2.45) is 5.84 Å². The number of thiazole rings is 1. The summed E-state index contributed by atoms with van der Waals surface area (Å²) in [4.78, 5) is 15.7. The standard InChI is InChI=1S/C11H13ClN4OS/c1-2-3-9(17)14-6-4-7(12)10-8(5-6)18-11(15-10)16-13/h4-5H,2-3,13H2,1H3,(H,14,17)(H,15,16). The Morgan fingerprint density at radius 1 is 1.56 bits per heavy atom. The molecule has 0 saturated heterocycles. The summed E-state index contributed by atoms with van der Waals surface area (Å²) in [7, 11) is 0. The van der Waals surface area contributed by atoms with Gasteiger partial charge in [-0.3, -0.25) is 10.2 Å². The lowest BCUT2D eigenvalue weighted by atomic mass is 10.2. The predicted octanol–water partition coefficient (Wildman–Crippen LogP) is 2.97. The summed E-state index contributed by atoms with van der Waals surface area (Å²) in [6, 6.07) is 3.53. The van der Waals surface area contributed by atoms with E-state index in [0.29, 0.717) is 27.8 Å². The van der Waals surface area contributed by atoms with Crippen LogP contribution in [0.2, 0.25) is 5.02 Å². The molecule has 18 heavy (non-hydrogen) atoms. The highest BCUT2D eigenvalue weighted by Gasteiger charge is 2.10. The van der Waals surface area contributed by atoms with Crippen LogP contribution in [0.3, 0.4) is 0 Å². The van der Waals surface area contributed by atoms with Crippen molar-refractivity contribution in [2.45, 2.75) is 19.8 Å². The van der Waals surface area contributed by atoms with Gasteiger partial charge in [0, 0.05) is 12.1 Å². The van der Waals surface area contributed by atoms with E-state index >= 15 is 0 Å². The number of nitrogens with two attached hydrogens (primary N) is 1. The maximum atomic E-state index is 11.5. The molecular weight excluding hydrogens is 272 g/mol. The van der Waals surface area contributed by atoms with Crippen molar-refractivity contribution >= 4 is 49.9 Å². The van der Waals surface area contributed by atoms with E-state index in [1.165, 1.54) is 11.3 Å². The van der Waals surface area contributed by atoms with Crippen LogP contribution in [0.5, 0.6) is 0 Å². The van der Waals surface area contributed by atoms with Gasteiger partial charge in [-0.15, -0.1) is 0 Å². The van der Waals surface area contributed by atoms with E-state index in [4.69, 9.17) is 17.4 Å². The summed E-state index contributed by atoms with van der Waals surface area (Å²) >= 11 is 7.50. The number of hydrazine groups is 1. The lowest BCUT2D eigenvalue weighted by Gasteiger charge is -2.04. The van der Waals surface area contributed by atoms with Gasteiger partial charge in [0.2, 0.25) is 5.91 Å². The molecule has 1 aromatic heterocycles. The molecule has 0 spiro atoms. The minimum atomic E-state index is -0.0189. The number of carbonyl (C=O) groups is 1. The van der Waals surface area contributed by atoms with Crippen LogP contribution in [-0.4, -0.2) is 10.9 Å². The van der Waals surface area contributed by atoms with Crippen LogP contribution in [0.4, 0.5) is 10.8 Å². The van der Waals surface area contributed by atoms with E-state index in [-0.39, 0.29) is 5.91 Å². The second kappa shape index (κ2) is 5.51. The van der Waals surface area contributed by atoms with Crippen LogP contribution in [0, 0.1) is 0 Å². The number of aromatic nitrogens is 1. The first-order valence-electron chi connectivity index (χ1n) is 5.50. The molecule has 5 nitrogen and oxygen atoms in total. The number of benzene rings is 1. The molecule has 7 heteroatoms. The molecule has 0 bridgehead atoms. The summed E-state index contributed by atoms with van der Waals surface area (Å²) in [5.74, 6) is 5.29. The van der Waals surface area contributed by atoms with E-state index in [1.54, 1.807) is 6.07 Å². The zero-order valence-corrected chi connectivity index (χ0v) is 11.4. The second-order valence-corrected chi connectivity index (χ2v) is 5.20. The number of fused-ring (bicyclic) bond motifs is 1. The topological polar surface area (TPSA) is 80.0 Å². The van der Waals surface area contributed by atoms with Gasteiger partial charge in [-0.2, -0.15) is 0 Å². The van der Waals surface area contributed by atoms with Crippen LogP contribution in [0.15, 0.2) is 12.1 Å². The Morgan fingerprint density at radius 3 is 3.00 bits per heavy atom. The van der Waals surface area contributed by atoms with Crippen LogP contribution in [0.1, 0.15) is 19.8 Å². The van der Waals surface area contributed by atoms with Crippen molar-refractivity contribution in [3.8, 4) is 0 Å². The van der Waals surface area contributed by atoms with Crippen molar-refractivity contribution < 1.29 is 4.79 Å². The minimum absolute atomic E-state index is 0.0189. The Kier molecular flexibility index (Phi) is 4.00. The number of nitrogens with zero attached hydrogens (tertiary/aromatic N) is 1. The van der Waals surface area contributed by atoms with E-state index < -0.39 is 0 Å². The van der Waals surface area contributed by atoms with Crippen LogP contribution >= 0.6 is 22.9 Å². The lowest BCUT2D eigenvalue weighted by molar-refractivity contribution is -0.116. The van der Waals surface area contributed by atoms with Crippen LogP contribution in [-0.2, 0) is 4.79 Å². The quantitative estimate of drug-likeness (QED) is 0.596. The van der Waals surface area contributed by atoms with Crippen molar-refractivity contribution in [1.82, 2.24) is 4.98 Å². The fourth-order valence-electron chi connectivity index (χ4n) is 1.57. The normalized spacial score (nSPS) is 10.6. The van der Waals surface area contributed by atoms with Gasteiger partial charge in [0.25, 0.3) is 0 Å². The smallest absolute Gasteiger partial charge is 0.224 e. The lowest BCUT2D eigenvalue weighted by Crippen LogP contribution is -2.10. The molecule has 0 aliphatic rings. The third-order valence-electron chi connectivity index (χ3n) is 2.33. The van der Waals surface area contributed by atoms with Crippen molar-refractivity contribution in [2.75, 3.05) is 10.7 Å². The summed E-state index contributed by atoms with van der Waals surface area (Å²) in [6.07, 6.45) is 1.30. The molecule has 0 unspecified atom stereocenters. The summed E-state index contributed by atoms with van der Waals surface area (Å²) < 4.78 is 0.877. The first-order valence-corrected chi connectivity index (χ1v) is 6.70. The number of rotatable bonds is 4. The molecule has 0 radical (unpaired) electrons. The van der Waals surface area contributed by atoms with Crippen LogP contribution in [0.25, 0.3) is 10.2 Å². The Bertz CT molecular complexity index is 584. The average Bonchev–Trinajstić information content (AvgIpc) is 2.72. The Labute approximate surface area is 113 Å².